The summed E-state index contributed by atoms with van der Waals surface area (Å²) >= 11 is 0. The summed E-state index contributed by atoms with van der Waals surface area (Å²) in [5.74, 6) is -0.135. The second kappa shape index (κ2) is 12.2. The van der Waals surface area contributed by atoms with Crippen LogP contribution in [0.15, 0.2) is 72.8 Å². The van der Waals surface area contributed by atoms with E-state index in [4.69, 9.17) is 14.2 Å². The number of methoxy groups -OCH3 is 1. The first-order valence-corrected chi connectivity index (χ1v) is 12.6. The maximum absolute atomic E-state index is 12.8. The Morgan fingerprint density at radius 2 is 1.59 bits per heavy atom. The van der Waals surface area contributed by atoms with Gasteiger partial charge in [0.05, 0.1) is 24.8 Å². The summed E-state index contributed by atoms with van der Waals surface area (Å²) < 4.78 is 16.6. The standard InChI is InChI=1S/C31H31NO5/c1-4-6-11-26-28(31(34)36-5-2)32-27-15-10-9-14-25(27)29(26)37-20-21-16-18-22(19-17-21)23-12-7-8-13-24(23)30(33)35-3/h7-10,12-19H,4-6,11,20H2,1-3H3. The lowest BCUT2D eigenvalue weighted by Gasteiger charge is -2.17. The van der Waals surface area contributed by atoms with Crippen molar-refractivity contribution in [3.05, 3.63) is 95.2 Å². The largest absolute Gasteiger partial charge is 0.488 e. The molecule has 0 aliphatic carbocycles. The zero-order valence-electron chi connectivity index (χ0n) is 21.5. The highest BCUT2D eigenvalue weighted by atomic mass is 16.5. The molecule has 0 atom stereocenters. The topological polar surface area (TPSA) is 74.7 Å². The Balaban J connectivity index is 1.66. The Kier molecular flexibility index (Phi) is 8.52. The van der Waals surface area contributed by atoms with Crippen LogP contribution in [0, 0.1) is 0 Å². The number of esters is 2. The minimum Gasteiger partial charge on any atom is -0.488 e. The number of para-hydroxylation sites is 1. The van der Waals surface area contributed by atoms with E-state index in [2.05, 4.69) is 11.9 Å². The number of carbonyl (C=O) groups excluding carboxylic acids is 2. The second-order valence-electron chi connectivity index (χ2n) is 8.63. The molecule has 3 aromatic carbocycles. The zero-order valence-corrected chi connectivity index (χ0v) is 21.5. The van der Waals surface area contributed by atoms with Gasteiger partial charge in [-0.15, -0.1) is 0 Å². The number of fused-ring (bicyclic) bond motifs is 1. The van der Waals surface area contributed by atoms with Gasteiger partial charge in [0, 0.05) is 10.9 Å². The summed E-state index contributed by atoms with van der Waals surface area (Å²) in [6.45, 7) is 4.49. The average Bonchev–Trinajstić information content (AvgIpc) is 2.94. The molecule has 0 spiro atoms. The zero-order chi connectivity index (χ0) is 26.2. The van der Waals surface area contributed by atoms with E-state index in [1.165, 1.54) is 7.11 Å². The van der Waals surface area contributed by atoms with E-state index >= 15 is 0 Å². The molecule has 6 nitrogen and oxygen atoms in total. The Morgan fingerprint density at radius 1 is 0.865 bits per heavy atom. The van der Waals surface area contributed by atoms with Crippen molar-refractivity contribution in [2.75, 3.05) is 13.7 Å². The third-order valence-electron chi connectivity index (χ3n) is 6.17. The third-order valence-corrected chi connectivity index (χ3v) is 6.17. The van der Waals surface area contributed by atoms with Gasteiger partial charge in [0.2, 0.25) is 0 Å². The molecule has 1 aromatic heterocycles. The van der Waals surface area contributed by atoms with Crippen LogP contribution in [0.4, 0.5) is 0 Å². The number of pyridine rings is 1. The Labute approximate surface area is 217 Å². The van der Waals surface area contributed by atoms with Crippen LogP contribution >= 0.6 is 0 Å². The van der Waals surface area contributed by atoms with Crippen LogP contribution in [0.2, 0.25) is 0 Å². The van der Waals surface area contributed by atoms with Gasteiger partial charge < -0.3 is 14.2 Å². The number of aromatic nitrogens is 1. The lowest BCUT2D eigenvalue weighted by molar-refractivity contribution is 0.0517. The maximum Gasteiger partial charge on any atom is 0.357 e. The summed E-state index contributed by atoms with van der Waals surface area (Å²) in [7, 11) is 1.38. The number of benzene rings is 3. The van der Waals surface area contributed by atoms with Crippen molar-refractivity contribution in [1.29, 1.82) is 0 Å². The molecule has 37 heavy (non-hydrogen) atoms. The highest BCUT2D eigenvalue weighted by molar-refractivity contribution is 5.97. The third kappa shape index (κ3) is 5.80. The first kappa shape index (κ1) is 25.9. The van der Waals surface area contributed by atoms with E-state index in [1.54, 1.807) is 13.0 Å². The highest BCUT2D eigenvalue weighted by Gasteiger charge is 2.22. The molecule has 0 aliphatic rings. The predicted molar refractivity (Wildman–Crippen MR) is 144 cm³/mol. The number of carbonyl (C=O) groups is 2. The Hall–Kier alpha value is -4.19. The fourth-order valence-electron chi connectivity index (χ4n) is 4.30. The van der Waals surface area contributed by atoms with Crippen LogP contribution in [-0.2, 0) is 22.5 Å². The van der Waals surface area contributed by atoms with Crippen LogP contribution in [0.25, 0.3) is 22.0 Å². The molecule has 0 saturated heterocycles. The molecule has 0 amide bonds. The summed E-state index contributed by atoms with van der Waals surface area (Å²) in [5.41, 5.74) is 4.98. The SMILES string of the molecule is CCCCc1c(C(=O)OCC)nc2ccccc2c1OCc1ccc(-c2ccccc2C(=O)OC)cc1. The van der Waals surface area contributed by atoms with Crippen molar-refractivity contribution in [3.8, 4) is 16.9 Å². The predicted octanol–water partition coefficient (Wildman–Crippen LogP) is 6.79. The molecule has 0 N–H and O–H groups in total. The van der Waals surface area contributed by atoms with Crippen molar-refractivity contribution >= 4 is 22.8 Å². The quantitative estimate of drug-likeness (QED) is 0.225. The van der Waals surface area contributed by atoms with Crippen molar-refractivity contribution in [2.45, 2.75) is 39.7 Å². The van der Waals surface area contributed by atoms with Crippen molar-refractivity contribution in [2.24, 2.45) is 0 Å². The fraction of sp³-hybridized carbons (Fsp3) is 0.258. The highest BCUT2D eigenvalue weighted by Crippen LogP contribution is 2.34. The lowest BCUT2D eigenvalue weighted by Crippen LogP contribution is -2.13. The smallest absolute Gasteiger partial charge is 0.357 e. The molecular weight excluding hydrogens is 466 g/mol. The van der Waals surface area contributed by atoms with Gasteiger partial charge in [-0.3, -0.25) is 0 Å². The molecule has 0 saturated carbocycles. The average molecular weight is 498 g/mol. The van der Waals surface area contributed by atoms with E-state index in [-0.39, 0.29) is 12.6 Å². The van der Waals surface area contributed by atoms with Crippen LogP contribution in [0.1, 0.15) is 58.7 Å². The molecule has 0 radical (unpaired) electrons. The molecule has 4 aromatic rings. The lowest BCUT2D eigenvalue weighted by atomic mass is 9.99. The second-order valence-corrected chi connectivity index (χ2v) is 8.63. The van der Waals surface area contributed by atoms with E-state index in [9.17, 15) is 9.59 Å². The van der Waals surface area contributed by atoms with Gasteiger partial charge in [-0.1, -0.05) is 67.9 Å². The van der Waals surface area contributed by atoms with E-state index in [1.807, 2.05) is 66.7 Å². The normalized spacial score (nSPS) is 10.8. The molecule has 190 valence electrons. The molecule has 0 aliphatic heterocycles. The Bertz CT molecular complexity index is 1390. The van der Waals surface area contributed by atoms with Crippen molar-refractivity contribution < 1.29 is 23.8 Å². The molecule has 0 unspecified atom stereocenters. The first-order chi connectivity index (χ1) is 18.1. The number of hydrogen-bond donors (Lipinski definition) is 0. The van der Waals surface area contributed by atoms with Gasteiger partial charge in [0.1, 0.15) is 12.4 Å². The van der Waals surface area contributed by atoms with Crippen molar-refractivity contribution in [3.63, 3.8) is 0 Å². The van der Waals surface area contributed by atoms with Gasteiger partial charge in [-0.2, -0.15) is 0 Å². The van der Waals surface area contributed by atoms with Crippen LogP contribution in [0.5, 0.6) is 5.75 Å². The minimum atomic E-state index is -0.433. The summed E-state index contributed by atoms with van der Waals surface area (Å²) in [5, 5.41) is 0.866. The monoisotopic (exact) mass is 497 g/mol. The molecular formula is C31H31NO5. The number of unbranched alkanes of at least 4 members (excludes halogenated alkanes) is 1. The van der Waals surface area contributed by atoms with E-state index < -0.39 is 5.97 Å². The first-order valence-electron chi connectivity index (χ1n) is 12.6. The van der Waals surface area contributed by atoms with E-state index in [0.717, 1.165) is 40.5 Å². The maximum atomic E-state index is 12.8. The molecule has 4 rings (SSSR count). The van der Waals surface area contributed by atoms with Gasteiger partial charge in [-0.05, 0) is 54.7 Å². The van der Waals surface area contributed by atoms with Crippen LogP contribution in [0.3, 0.4) is 0 Å². The van der Waals surface area contributed by atoms with Crippen LogP contribution < -0.4 is 4.74 Å². The number of hydrogen-bond acceptors (Lipinski definition) is 6. The van der Waals surface area contributed by atoms with Gasteiger partial charge in [-0.25, -0.2) is 14.6 Å². The fourth-order valence-corrected chi connectivity index (χ4v) is 4.30. The Morgan fingerprint density at radius 3 is 2.32 bits per heavy atom. The minimum absolute atomic E-state index is 0.280. The number of ether oxygens (including phenoxy) is 3. The van der Waals surface area contributed by atoms with E-state index in [0.29, 0.717) is 35.6 Å². The van der Waals surface area contributed by atoms with Gasteiger partial charge >= 0.3 is 11.9 Å². The molecule has 1 heterocycles. The summed E-state index contributed by atoms with van der Waals surface area (Å²) in [6, 6.07) is 22.9. The van der Waals surface area contributed by atoms with Gasteiger partial charge in [0.25, 0.3) is 0 Å². The molecule has 0 fully saturated rings. The molecule has 6 heteroatoms. The van der Waals surface area contributed by atoms with Gasteiger partial charge in [0.15, 0.2) is 5.69 Å². The number of nitrogens with zero attached hydrogens (tertiary/aromatic N) is 1. The van der Waals surface area contributed by atoms with Crippen molar-refractivity contribution in [1.82, 2.24) is 4.98 Å². The number of rotatable bonds is 10. The summed E-state index contributed by atoms with van der Waals surface area (Å²) in [6.07, 6.45) is 2.54. The summed E-state index contributed by atoms with van der Waals surface area (Å²) in [4.78, 5) is 29.6. The molecule has 0 bridgehead atoms. The van der Waals surface area contributed by atoms with Crippen LogP contribution in [-0.4, -0.2) is 30.6 Å².